The van der Waals surface area contributed by atoms with E-state index in [-0.39, 0.29) is 31.1 Å². The van der Waals surface area contributed by atoms with Crippen molar-refractivity contribution >= 4 is 17.9 Å². The van der Waals surface area contributed by atoms with Crippen LogP contribution in [0.15, 0.2) is 48.6 Å². The van der Waals surface area contributed by atoms with Crippen molar-refractivity contribution in [2.75, 3.05) is 13.2 Å². The Bertz CT molecular complexity index is 1150. The summed E-state index contributed by atoms with van der Waals surface area (Å²) >= 11 is 0. The summed E-state index contributed by atoms with van der Waals surface area (Å²) in [7, 11) is 0. The van der Waals surface area contributed by atoms with E-state index in [1.165, 1.54) is 186 Å². The second kappa shape index (κ2) is 55.0. The molecule has 0 fully saturated rings. The number of carbonyl (C=O) groups is 3. The van der Waals surface area contributed by atoms with Crippen LogP contribution >= 0.6 is 0 Å². The number of hydrogen-bond acceptors (Lipinski definition) is 6. The summed E-state index contributed by atoms with van der Waals surface area (Å²) in [4.78, 5) is 38.1. The van der Waals surface area contributed by atoms with E-state index in [1.54, 1.807) is 0 Å². The van der Waals surface area contributed by atoms with Crippen molar-refractivity contribution < 1.29 is 28.6 Å². The van der Waals surface area contributed by atoms with Crippen LogP contribution in [0, 0.1) is 0 Å². The van der Waals surface area contributed by atoms with E-state index in [0.717, 1.165) is 70.6 Å². The van der Waals surface area contributed by atoms with Gasteiger partial charge in [-0.05, 0) is 38.5 Å². The standard InChI is InChI=1S/C60H108O6/c1-4-7-10-13-16-19-22-25-27-29-31-32-35-38-41-44-47-50-53-59(62)65-56-57(55-64-58(61)52-49-46-43-40-37-34-24-21-18-15-12-9-6-3)66-60(63)54-51-48-45-42-39-36-33-30-28-26-23-20-17-14-11-8-5-2/h9,12,15,18,21,24,34,37,57H,4-8,10-11,13-14,16-17,19-20,22-23,25-33,35-36,38-56H2,1-3H3/b12-9-,18-15-,24-21-,37-34-. The Balaban J connectivity index is 4.35. The molecule has 0 saturated carbocycles. The molecule has 1 atom stereocenters. The first-order chi connectivity index (χ1) is 32.5. The summed E-state index contributed by atoms with van der Waals surface area (Å²) in [5.74, 6) is -0.905. The average molecular weight is 926 g/mol. The molecule has 384 valence electrons. The quantitative estimate of drug-likeness (QED) is 0.0262. The van der Waals surface area contributed by atoms with Gasteiger partial charge in [0.15, 0.2) is 6.10 Å². The van der Waals surface area contributed by atoms with Gasteiger partial charge in [0.05, 0.1) is 0 Å². The fourth-order valence-corrected chi connectivity index (χ4v) is 8.40. The van der Waals surface area contributed by atoms with Crippen LogP contribution in [0.25, 0.3) is 0 Å². The van der Waals surface area contributed by atoms with Crippen molar-refractivity contribution in [1.82, 2.24) is 0 Å². The Kier molecular flexibility index (Phi) is 52.8. The molecule has 1 unspecified atom stereocenters. The molecule has 0 aromatic carbocycles. The molecule has 0 aliphatic rings. The summed E-state index contributed by atoms with van der Waals surface area (Å²) in [6.45, 7) is 6.51. The Morgan fingerprint density at radius 2 is 0.591 bits per heavy atom. The molecule has 6 heteroatoms. The highest BCUT2D eigenvalue weighted by Crippen LogP contribution is 2.17. The van der Waals surface area contributed by atoms with Crippen LogP contribution in [0.4, 0.5) is 0 Å². The second-order valence-electron chi connectivity index (χ2n) is 19.3. The molecule has 0 bridgehead atoms. The highest BCUT2D eigenvalue weighted by atomic mass is 16.6. The summed E-state index contributed by atoms with van der Waals surface area (Å²) in [6, 6.07) is 0. The number of hydrogen-bond donors (Lipinski definition) is 0. The van der Waals surface area contributed by atoms with Crippen LogP contribution in [0.1, 0.15) is 297 Å². The topological polar surface area (TPSA) is 78.9 Å². The van der Waals surface area contributed by atoms with Crippen molar-refractivity contribution in [2.45, 2.75) is 303 Å². The first kappa shape index (κ1) is 63.4. The number of esters is 3. The largest absolute Gasteiger partial charge is 0.462 e. The van der Waals surface area contributed by atoms with Gasteiger partial charge in [0.2, 0.25) is 0 Å². The summed E-state index contributed by atoms with van der Waals surface area (Å²) in [6.07, 6.45) is 66.8. The molecule has 0 saturated heterocycles. The van der Waals surface area contributed by atoms with Crippen molar-refractivity contribution in [2.24, 2.45) is 0 Å². The zero-order valence-electron chi connectivity index (χ0n) is 44.0. The Morgan fingerprint density at radius 1 is 0.318 bits per heavy atom. The van der Waals surface area contributed by atoms with Crippen molar-refractivity contribution in [3.8, 4) is 0 Å². The predicted molar refractivity (Wildman–Crippen MR) is 284 cm³/mol. The maximum atomic E-state index is 12.8. The minimum atomic E-state index is -0.785. The van der Waals surface area contributed by atoms with Gasteiger partial charge in [0.1, 0.15) is 13.2 Å². The van der Waals surface area contributed by atoms with Gasteiger partial charge in [-0.1, -0.05) is 288 Å². The van der Waals surface area contributed by atoms with Crippen LogP contribution in [-0.4, -0.2) is 37.2 Å². The van der Waals surface area contributed by atoms with Gasteiger partial charge < -0.3 is 14.2 Å². The highest BCUT2D eigenvalue weighted by molar-refractivity contribution is 5.71. The second-order valence-corrected chi connectivity index (χ2v) is 19.3. The van der Waals surface area contributed by atoms with Crippen LogP contribution in [0.3, 0.4) is 0 Å². The number of ether oxygens (including phenoxy) is 3. The Labute approximate surface area is 409 Å². The van der Waals surface area contributed by atoms with E-state index in [0.29, 0.717) is 19.3 Å². The van der Waals surface area contributed by atoms with E-state index in [1.807, 2.05) is 30.4 Å². The average Bonchev–Trinajstić information content (AvgIpc) is 3.31. The van der Waals surface area contributed by atoms with Crippen LogP contribution in [-0.2, 0) is 28.6 Å². The number of carbonyl (C=O) groups excluding carboxylic acids is 3. The molecule has 0 aromatic rings. The molecule has 6 nitrogen and oxygen atoms in total. The zero-order valence-corrected chi connectivity index (χ0v) is 44.0. The van der Waals surface area contributed by atoms with Gasteiger partial charge in [0.25, 0.3) is 0 Å². The maximum absolute atomic E-state index is 12.8. The first-order valence-corrected chi connectivity index (χ1v) is 28.7. The molecular weight excluding hydrogens is 817 g/mol. The van der Waals surface area contributed by atoms with Gasteiger partial charge >= 0.3 is 17.9 Å². The van der Waals surface area contributed by atoms with E-state index < -0.39 is 6.10 Å². The van der Waals surface area contributed by atoms with E-state index in [2.05, 4.69) is 39.0 Å². The fraction of sp³-hybridized carbons (Fsp3) is 0.817. The van der Waals surface area contributed by atoms with E-state index in [4.69, 9.17) is 14.2 Å². The normalized spacial score (nSPS) is 12.3. The lowest BCUT2D eigenvalue weighted by Crippen LogP contribution is -2.30. The molecule has 0 aromatic heterocycles. The van der Waals surface area contributed by atoms with E-state index >= 15 is 0 Å². The third-order valence-electron chi connectivity index (χ3n) is 12.7. The Morgan fingerprint density at radius 3 is 0.924 bits per heavy atom. The minimum absolute atomic E-state index is 0.0814. The third kappa shape index (κ3) is 52.3. The van der Waals surface area contributed by atoms with Crippen LogP contribution in [0.5, 0.6) is 0 Å². The molecule has 0 aliphatic carbocycles. The molecule has 66 heavy (non-hydrogen) atoms. The van der Waals surface area contributed by atoms with Crippen molar-refractivity contribution in [3.05, 3.63) is 48.6 Å². The monoisotopic (exact) mass is 925 g/mol. The number of unbranched alkanes of at least 4 members (excludes halogenated alkanes) is 36. The lowest BCUT2D eigenvalue weighted by molar-refractivity contribution is -0.167. The number of allylic oxidation sites excluding steroid dienone is 8. The Hall–Kier alpha value is -2.63. The lowest BCUT2D eigenvalue weighted by Gasteiger charge is -2.18. The molecule has 0 amide bonds. The number of rotatable bonds is 52. The summed E-state index contributed by atoms with van der Waals surface area (Å²) in [5, 5.41) is 0. The summed E-state index contributed by atoms with van der Waals surface area (Å²) in [5.41, 5.74) is 0. The smallest absolute Gasteiger partial charge is 0.306 e. The fourth-order valence-electron chi connectivity index (χ4n) is 8.40. The lowest BCUT2D eigenvalue weighted by atomic mass is 10.0. The van der Waals surface area contributed by atoms with E-state index in [9.17, 15) is 14.4 Å². The molecule has 0 spiro atoms. The van der Waals surface area contributed by atoms with Gasteiger partial charge in [-0.25, -0.2) is 0 Å². The van der Waals surface area contributed by atoms with Crippen LogP contribution < -0.4 is 0 Å². The molecule has 0 heterocycles. The molecule has 0 rings (SSSR count). The summed E-state index contributed by atoms with van der Waals surface area (Å²) < 4.78 is 16.8. The highest BCUT2D eigenvalue weighted by Gasteiger charge is 2.19. The van der Waals surface area contributed by atoms with Gasteiger partial charge in [-0.3, -0.25) is 14.4 Å². The van der Waals surface area contributed by atoms with Gasteiger partial charge in [0, 0.05) is 19.3 Å². The van der Waals surface area contributed by atoms with Crippen molar-refractivity contribution in [3.63, 3.8) is 0 Å². The maximum Gasteiger partial charge on any atom is 0.306 e. The van der Waals surface area contributed by atoms with Crippen LogP contribution in [0.2, 0.25) is 0 Å². The predicted octanol–water partition coefficient (Wildman–Crippen LogP) is 19.0. The van der Waals surface area contributed by atoms with Gasteiger partial charge in [-0.2, -0.15) is 0 Å². The van der Waals surface area contributed by atoms with Crippen molar-refractivity contribution in [1.29, 1.82) is 0 Å². The molecule has 0 N–H and O–H groups in total. The zero-order chi connectivity index (χ0) is 47.9. The molecule has 0 aliphatic heterocycles. The van der Waals surface area contributed by atoms with Gasteiger partial charge in [-0.15, -0.1) is 0 Å². The molecular formula is C60H108O6. The third-order valence-corrected chi connectivity index (χ3v) is 12.7. The first-order valence-electron chi connectivity index (χ1n) is 28.7. The molecule has 0 radical (unpaired) electrons. The SMILES string of the molecule is CC\C=C/C=C\C=C/C=C\CCCCCC(=O)OCC(COC(=O)CCCCCCCCCCCCCCCCCCCC)OC(=O)CCCCCCCCCCCCCCCCCCC. The minimum Gasteiger partial charge on any atom is -0.462 e.